The van der Waals surface area contributed by atoms with Gasteiger partial charge in [0.15, 0.2) is 0 Å². The zero-order valence-electron chi connectivity index (χ0n) is 10.4. The molecule has 0 amide bonds. The summed E-state index contributed by atoms with van der Waals surface area (Å²) < 4.78 is 26.6. The van der Waals surface area contributed by atoms with Gasteiger partial charge in [0.2, 0.25) is 10.0 Å². The molecule has 0 saturated heterocycles. The number of benzene rings is 1. The summed E-state index contributed by atoms with van der Waals surface area (Å²) >= 11 is 1.33. The number of carboxylic acid groups (broad SMARTS) is 1. The Hall–Kier alpha value is -1.44. The number of thiophene rings is 1. The molecule has 0 radical (unpaired) electrons. The number of hydrogen-bond acceptors (Lipinski definition) is 4. The van der Waals surface area contributed by atoms with Crippen LogP contribution in [0.5, 0.6) is 0 Å². The Balaban J connectivity index is 2.53. The van der Waals surface area contributed by atoms with Crippen LogP contribution in [-0.2, 0) is 14.8 Å². The van der Waals surface area contributed by atoms with Gasteiger partial charge in [0.05, 0.1) is 0 Å². The topological polar surface area (TPSA) is 74.7 Å². The Morgan fingerprint density at radius 2 is 2.00 bits per heavy atom. The highest BCUT2D eigenvalue weighted by Crippen LogP contribution is 2.31. The molecule has 0 unspecified atom stereocenters. The second-order valence-electron chi connectivity index (χ2n) is 4.13. The first-order chi connectivity index (χ1) is 8.85. The number of likely N-dealkylation sites (N-methyl/N-ethyl adjacent to an activating group) is 1. The number of sulfonamides is 1. The van der Waals surface area contributed by atoms with Crippen LogP contribution in [0.2, 0.25) is 0 Å². The minimum Gasteiger partial charge on any atom is -0.480 e. The molecule has 2 rings (SSSR count). The molecule has 0 fully saturated rings. The lowest BCUT2D eigenvalue weighted by atomic mass is 10.3. The number of hydrogen-bond donors (Lipinski definition) is 1. The van der Waals surface area contributed by atoms with E-state index in [0.717, 1.165) is 9.01 Å². The molecule has 5 nitrogen and oxygen atoms in total. The second kappa shape index (κ2) is 4.92. The molecule has 0 bridgehead atoms. The Kier molecular flexibility index (Phi) is 3.62. The predicted molar refractivity (Wildman–Crippen MR) is 73.9 cm³/mol. The van der Waals surface area contributed by atoms with E-state index in [2.05, 4.69) is 0 Å². The fraction of sp³-hybridized carbons (Fsp3) is 0.250. The average Bonchev–Trinajstić information content (AvgIpc) is 2.81. The van der Waals surface area contributed by atoms with Gasteiger partial charge in [-0.1, -0.05) is 18.2 Å². The number of nitrogens with zero attached hydrogens (tertiary/aromatic N) is 1. The molecule has 0 spiro atoms. The van der Waals surface area contributed by atoms with E-state index in [9.17, 15) is 13.2 Å². The van der Waals surface area contributed by atoms with Gasteiger partial charge in [-0.3, -0.25) is 4.79 Å². The fourth-order valence-electron chi connectivity index (χ4n) is 1.67. The molecule has 1 aromatic carbocycles. The van der Waals surface area contributed by atoms with Gasteiger partial charge >= 0.3 is 5.97 Å². The summed E-state index contributed by atoms with van der Waals surface area (Å²) in [6.07, 6.45) is 0. The number of fused-ring (bicyclic) bond motifs is 1. The van der Waals surface area contributed by atoms with E-state index in [1.165, 1.54) is 25.3 Å². The van der Waals surface area contributed by atoms with Crippen molar-refractivity contribution in [3.05, 3.63) is 29.6 Å². The van der Waals surface area contributed by atoms with Gasteiger partial charge in [-0.15, -0.1) is 11.3 Å². The van der Waals surface area contributed by atoms with Crippen molar-refractivity contribution in [1.29, 1.82) is 0 Å². The standard InChI is InChI=1S/C12H13NO4S2/c1-8(12(14)15)13(2)19(16,17)11-7-18-10-6-4-3-5-9(10)11/h3-8H,1-2H3,(H,14,15)/t8-/m0/s1. The van der Waals surface area contributed by atoms with Crippen molar-refractivity contribution in [1.82, 2.24) is 4.31 Å². The molecule has 1 N–H and O–H groups in total. The number of rotatable bonds is 4. The van der Waals surface area contributed by atoms with Gasteiger partial charge in [0, 0.05) is 22.5 Å². The molecule has 102 valence electrons. The first kappa shape index (κ1) is 14.0. The van der Waals surface area contributed by atoms with E-state index in [-0.39, 0.29) is 4.90 Å². The monoisotopic (exact) mass is 299 g/mol. The van der Waals surface area contributed by atoms with Crippen LogP contribution >= 0.6 is 11.3 Å². The maximum atomic E-state index is 12.4. The third kappa shape index (κ3) is 2.36. The van der Waals surface area contributed by atoms with Crippen molar-refractivity contribution in [2.24, 2.45) is 0 Å². The van der Waals surface area contributed by atoms with E-state index >= 15 is 0 Å². The summed E-state index contributed by atoms with van der Waals surface area (Å²) in [6.45, 7) is 1.34. The lowest BCUT2D eigenvalue weighted by Gasteiger charge is -2.20. The van der Waals surface area contributed by atoms with Crippen molar-refractivity contribution in [3.63, 3.8) is 0 Å². The summed E-state index contributed by atoms with van der Waals surface area (Å²) in [6, 6.07) is 6.04. The van der Waals surface area contributed by atoms with Gasteiger partial charge in [-0.2, -0.15) is 4.31 Å². The molecule has 0 aliphatic carbocycles. The van der Waals surface area contributed by atoms with E-state index in [0.29, 0.717) is 5.39 Å². The van der Waals surface area contributed by atoms with Crippen molar-refractivity contribution >= 4 is 37.4 Å². The molecular weight excluding hydrogens is 286 g/mol. The first-order valence-corrected chi connectivity index (χ1v) is 7.84. The normalized spacial score (nSPS) is 13.8. The summed E-state index contributed by atoms with van der Waals surface area (Å²) in [5.41, 5.74) is 0. The van der Waals surface area contributed by atoms with Crippen molar-refractivity contribution in [3.8, 4) is 0 Å². The highest BCUT2D eigenvalue weighted by molar-refractivity contribution is 7.89. The van der Waals surface area contributed by atoms with Crippen LogP contribution in [0.4, 0.5) is 0 Å². The fourth-order valence-corrected chi connectivity index (χ4v) is 4.46. The van der Waals surface area contributed by atoms with Gasteiger partial charge in [-0.25, -0.2) is 8.42 Å². The minimum absolute atomic E-state index is 0.156. The van der Waals surface area contributed by atoms with Crippen LogP contribution < -0.4 is 0 Å². The minimum atomic E-state index is -3.80. The molecule has 7 heteroatoms. The molecule has 1 heterocycles. The third-order valence-electron chi connectivity index (χ3n) is 3.01. The maximum Gasteiger partial charge on any atom is 0.321 e. The maximum absolute atomic E-state index is 12.4. The summed E-state index contributed by atoms with van der Waals surface area (Å²) in [4.78, 5) is 11.1. The predicted octanol–water partition coefficient (Wildman–Crippen LogP) is 1.99. The van der Waals surface area contributed by atoms with E-state index in [1.54, 1.807) is 17.5 Å². The zero-order valence-corrected chi connectivity index (χ0v) is 12.0. The smallest absolute Gasteiger partial charge is 0.321 e. The molecule has 1 atom stereocenters. The highest BCUT2D eigenvalue weighted by atomic mass is 32.2. The van der Waals surface area contributed by atoms with E-state index in [1.807, 2.05) is 12.1 Å². The van der Waals surface area contributed by atoms with Crippen LogP contribution in [0.1, 0.15) is 6.92 Å². The number of carboxylic acids is 1. The van der Waals surface area contributed by atoms with Crippen molar-refractivity contribution in [2.45, 2.75) is 17.9 Å². The molecule has 1 aromatic heterocycles. The molecule has 0 aliphatic heterocycles. The van der Waals surface area contributed by atoms with E-state index < -0.39 is 22.0 Å². The third-order valence-corrected chi connectivity index (χ3v) is 6.09. The lowest BCUT2D eigenvalue weighted by molar-refractivity contribution is -0.140. The van der Waals surface area contributed by atoms with Gasteiger partial charge in [-0.05, 0) is 13.0 Å². The largest absolute Gasteiger partial charge is 0.480 e. The highest BCUT2D eigenvalue weighted by Gasteiger charge is 2.31. The Labute approximate surface area is 115 Å². The average molecular weight is 299 g/mol. The number of carbonyl (C=O) groups is 1. The molecule has 2 aromatic rings. The summed E-state index contributed by atoms with van der Waals surface area (Å²) in [5, 5.41) is 11.1. The van der Waals surface area contributed by atoms with Gasteiger partial charge < -0.3 is 5.11 Å². The van der Waals surface area contributed by atoms with Crippen LogP contribution in [0.25, 0.3) is 10.1 Å². The molecule has 0 saturated carbocycles. The van der Waals surface area contributed by atoms with Gasteiger partial charge in [0.1, 0.15) is 10.9 Å². The Bertz CT molecular complexity index is 720. The quantitative estimate of drug-likeness (QED) is 0.937. The van der Waals surface area contributed by atoms with Crippen LogP contribution in [0.15, 0.2) is 34.5 Å². The Morgan fingerprint density at radius 3 is 2.63 bits per heavy atom. The molecule has 19 heavy (non-hydrogen) atoms. The first-order valence-electron chi connectivity index (χ1n) is 5.53. The summed E-state index contributed by atoms with van der Waals surface area (Å²) in [5.74, 6) is -1.18. The molecular formula is C12H13NO4S2. The Morgan fingerprint density at radius 1 is 1.37 bits per heavy atom. The van der Waals surface area contributed by atoms with Gasteiger partial charge in [0.25, 0.3) is 0 Å². The summed E-state index contributed by atoms with van der Waals surface area (Å²) in [7, 11) is -2.53. The number of aliphatic carboxylic acids is 1. The van der Waals surface area contributed by atoms with Crippen LogP contribution in [0.3, 0.4) is 0 Å². The van der Waals surface area contributed by atoms with Crippen molar-refractivity contribution in [2.75, 3.05) is 7.05 Å². The van der Waals surface area contributed by atoms with E-state index in [4.69, 9.17) is 5.11 Å². The van der Waals surface area contributed by atoms with Crippen LogP contribution in [-0.4, -0.2) is 36.9 Å². The zero-order chi connectivity index (χ0) is 14.2. The van der Waals surface area contributed by atoms with Crippen LogP contribution in [0, 0.1) is 0 Å². The SMILES string of the molecule is C[C@@H](C(=O)O)N(C)S(=O)(=O)c1csc2ccccc12. The lowest BCUT2D eigenvalue weighted by Crippen LogP contribution is -2.40. The van der Waals surface area contributed by atoms with Crippen molar-refractivity contribution < 1.29 is 18.3 Å². The molecule has 0 aliphatic rings. The second-order valence-corrected chi connectivity index (χ2v) is 7.01.